The Morgan fingerprint density at radius 1 is 1.14 bits per heavy atom. The van der Waals surface area contributed by atoms with E-state index in [1.165, 1.54) is 4.31 Å². The topological polar surface area (TPSA) is 113 Å². The SMILES string of the molecule is Cc1noc(C)c1S(=O)(=O)N1CC(N2CC(C(=O)N3CCOCC3)CC2=O)C1. The Labute approximate surface area is 163 Å². The molecule has 0 saturated carbocycles. The van der Waals surface area contributed by atoms with Gasteiger partial charge in [0.15, 0.2) is 5.76 Å². The fraction of sp³-hybridized carbons (Fsp3) is 0.706. The number of aryl methyl sites for hydroxylation is 2. The molecule has 0 N–H and O–H groups in total. The fourth-order valence-corrected chi connectivity index (χ4v) is 5.88. The predicted molar refractivity (Wildman–Crippen MR) is 95.7 cm³/mol. The lowest BCUT2D eigenvalue weighted by atomic mass is 10.1. The normalized spacial score (nSPS) is 24.6. The van der Waals surface area contributed by atoms with Crippen LogP contribution in [0.5, 0.6) is 0 Å². The van der Waals surface area contributed by atoms with E-state index >= 15 is 0 Å². The maximum Gasteiger partial charge on any atom is 0.248 e. The lowest BCUT2D eigenvalue weighted by Gasteiger charge is -2.42. The van der Waals surface area contributed by atoms with Gasteiger partial charge in [-0.2, -0.15) is 4.31 Å². The Bertz CT molecular complexity index is 866. The third-order valence-corrected chi connectivity index (χ3v) is 7.74. The molecule has 4 heterocycles. The molecule has 3 saturated heterocycles. The number of rotatable bonds is 4. The highest BCUT2D eigenvalue weighted by atomic mass is 32.2. The molecule has 4 rings (SSSR count). The Balaban J connectivity index is 1.38. The predicted octanol–water partition coefficient (Wildman–Crippen LogP) is -0.628. The van der Waals surface area contributed by atoms with Gasteiger partial charge in [-0.25, -0.2) is 8.42 Å². The van der Waals surface area contributed by atoms with E-state index in [1.54, 1.807) is 23.6 Å². The van der Waals surface area contributed by atoms with Crippen molar-refractivity contribution in [2.75, 3.05) is 45.9 Å². The van der Waals surface area contributed by atoms with Crippen LogP contribution in [0, 0.1) is 19.8 Å². The molecule has 0 spiro atoms. The molecule has 2 amide bonds. The van der Waals surface area contributed by atoms with Crippen molar-refractivity contribution in [2.24, 2.45) is 5.92 Å². The van der Waals surface area contributed by atoms with Gasteiger partial charge >= 0.3 is 0 Å². The van der Waals surface area contributed by atoms with Crippen LogP contribution in [0.25, 0.3) is 0 Å². The summed E-state index contributed by atoms with van der Waals surface area (Å²) in [6.07, 6.45) is 0.184. The molecule has 1 aromatic rings. The first-order valence-electron chi connectivity index (χ1n) is 9.38. The summed E-state index contributed by atoms with van der Waals surface area (Å²) in [7, 11) is -3.70. The number of nitrogens with zero attached hydrogens (tertiary/aromatic N) is 4. The van der Waals surface area contributed by atoms with Crippen LogP contribution in [0.4, 0.5) is 0 Å². The Hall–Kier alpha value is -1.98. The van der Waals surface area contributed by atoms with Crippen LogP contribution in [-0.2, 0) is 24.3 Å². The maximum atomic E-state index is 12.8. The lowest BCUT2D eigenvalue weighted by Crippen LogP contribution is -2.61. The molecular formula is C17H24N4O6S. The lowest BCUT2D eigenvalue weighted by molar-refractivity contribution is -0.139. The molecule has 11 heteroatoms. The minimum Gasteiger partial charge on any atom is -0.378 e. The summed E-state index contributed by atoms with van der Waals surface area (Å²) >= 11 is 0. The maximum absolute atomic E-state index is 12.8. The van der Waals surface area contributed by atoms with Gasteiger partial charge in [-0.3, -0.25) is 9.59 Å². The number of sulfonamides is 1. The molecule has 3 aliphatic heterocycles. The van der Waals surface area contributed by atoms with Crippen LogP contribution in [0.3, 0.4) is 0 Å². The van der Waals surface area contributed by atoms with Crippen molar-refractivity contribution in [3.63, 3.8) is 0 Å². The first-order chi connectivity index (χ1) is 13.3. The van der Waals surface area contributed by atoms with Gasteiger partial charge in [-0.1, -0.05) is 5.16 Å². The van der Waals surface area contributed by atoms with E-state index in [1.807, 2.05) is 0 Å². The van der Waals surface area contributed by atoms with E-state index in [-0.39, 0.29) is 53.9 Å². The van der Waals surface area contributed by atoms with Crippen LogP contribution < -0.4 is 0 Å². The number of carbonyl (C=O) groups is 2. The zero-order valence-electron chi connectivity index (χ0n) is 16.0. The zero-order valence-corrected chi connectivity index (χ0v) is 16.8. The van der Waals surface area contributed by atoms with Crippen LogP contribution in [0.15, 0.2) is 9.42 Å². The van der Waals surface area contributed by atoms with Gasteiger partial charge in [0, 0.05) is 39.1 Å². The van der Waals surface area contributed by atoms with E-state index in [0.717, 1.165) is 0 Å². The number of aromatic nitrogens is 1. The highest BCUT2D eigenvalue weighted by Crippen LogP contribution is 2.31. The molecular weight excluding hydrogens is 388 g/mol. The number of amides is 2. The summed E-state index contributed by atoms with van der Waals surface area (Å²) in [4.78, 5) is 28.6. The minimum absolute atomic E-state index is 0.0151. The number of likely N-dealkylation sites (tertiary alicyclic amines) is 1. The largest absolute Gasteiger partial charge is 0.378 e. The molecule has 1 atom stereocenters. The second kappa shape index (κ2) is 7.12. The summed E-state index contributed by atoms with van der Waals surface area (Å²) in [5, 5.41) is 3.71. The molecule has 1 aromatic heterocycles. The Morgan fingerprint density at radius 2 is 1.82 bits per heavy atom. The van der Waals surface area contributed by atoms with Crippen LogP contribution >= 0.6 is 0 Å². The average Bonchev–Trinajstić information content (AvgIpc) is 3.16. The standard InChI is InChI=1S/C17H24N4O6S/c1-11-16(12(2)27-18-11)28(24,25)20-9-14(10-20)21-8-13(7-15(21)22)17(23)19-3-5-26-6-4-19/h13-14H,3-10H2,1-2H3. The van der Waals surface area contributed by atoms with E-state index in [4.69, 9.17) is 9.26 Å². The van der Waals surface area contributed by atoms with Crippen molar-refractivity contribution < 1.29 is 27.3 Å². The summed E-state index contributed by atoms with van der Waals surface area (Å²) in [6.45, 7) is 6.09. The summed E-state index contributed by atoms with van der Waals surface area (Å²) < 4.78 is 37.1. The third kappa shape index (κ3) is 3.20. The molecule has 3 fully saturated rings. The molecule has 28 heavy (non-hydrogen) atoms. The molecule has 0 aromatic carbocycles. The van der Waals surface area contributed by atoms with Crippen molar-refractivity contribution in [1.82, 2.24) is 19.3 Å². The van der Waals surface area contributed by atoms with Crippen molar-refractivity contribution >= 4 is 21.8 Å². The summed E-state index contributed by atoms with van der Waals surface area (Å²) in [5.74, 6) is -0.210. The summed E-state index contributed by atoms with van der Waals surface area (Å²) in [5.41, 5.74) is 0.328. The average molecular weight is 412 g/mol. The molecule has 0 radical (unpaired) electrons. The van der Waals surface area contributed by atoms with Gasteiger partial charge < -0.3 is 19.1 Å². The van der Waals surface area contributed by atoms with Crippen molar-refractivity contribution in [2.45, 2.75) is 31.2 Å². The Morgan fingerprint density at radius 3 is 2.43 bits per heavy atom. The van der Waals surface area contributed by atoms with Gasteiger partial charge in [-0.15, -0.1) is 0 Å². The van der Waals surface area contributed by atoms with E-state index in [2.05, 4.69) is 5.16 Å². The number of hydrogen-bond donors (Lipinski definition) is 0. The highest BCUT2D eigenvalue weighted by Gasteiger charge is 2.47. The molecule has 154 valence electrons. The number of carbonyl (C=O) groups excluding carboxylic acids is 2. The van der Waals surface area contributed by atoms with Gasteiger partial charge in [-0.05, 0) is 13.8 Å². The minimum atomic E-state index is -3.70. The Kier molecular flexibility index (Phi) is 4.92. The van der Waals surface area contributed by atoms with Crippen LogP contribution in [-0.4, -0.2) is 91.5 Å². The van der Waals surface area contributed by atoms with Gasteiger partial charge in [0.2, 0.25) is 21.8 Å². The quantitative estimate of drug-likeness (QED) is 0.647. The second-order valence-electron chi connectivity index (χ2n) is 7.51. The van der Waals surface area contributed by atoms with Crippen molar-refractivity contribution in [1.29, 1.82) is 0 Å². The van der Waals surface area contributed by atoms with E-state index in [9.17, 15) is 18.0 Å². The molecule has 1 unspecified atom stereocenters. The van der Waals surface area contributed by atoms with Crippen molar-refractivity contribution in [3.05, 3.63) is 11.5 Å². The third-order valence-electron chi connectivity index (χ3n) is 5.67. The number of hydrogen-bond acceptors (Lipinski definition) is 7. The first kappa shape index (κ1) is 19.3. The van der Waals surface area contributed by atoms with Crippen LogP contribution in [0.2, 0.25) is 0 Å². The van der Waals surface area contributed by atoms with E-state index < -0.39 is 10.0 Å². The molecule has 10 nitrogen and oxygen atoms in total. The summed E-state index contributed by atoms with van der Waals surface area (Å²) in [6, 6.07) is -0.203. The fourth-order valence-electron chi connectivity index (χ4n) is 4.07. The molecule has 0 aliphatic carbocycles. The first-order valence-corrected chi connectivity index (χ1v) is 10.8. The number of ether oxygens (including phenoxy) is 1. The van der Waals surface area contributed by atoms with Crippen LogP contribution in [0.1, 0.15) is 17.9 Å². The number of morpholine rings is 1. The second-order valence-corrected chi connectivity index (χ2v) is 9.39. The van der Waals surface area contributed by atoms with Gasteiger partial charge in [0.1, 0.15) is 10.6 Å². The van der Waals surface area contributed by atoms with Gasteiger partial charge in [0.05, 0.1) is 25.2 Å². The van der Waals surface area contributed by atoms with Crippen molar-refractivity contribution in [3.8, 4) is 0 Å². The zero-order chi connectivity index (χ0) is 20.1. The van der Waals surface area contributed by atoms with Gasteiger partial charge in [0.25, 0.3) is 0 Å². The van der Waals surface area contributed by atoms with E-state index in [0.29, 0.717) is 38.5 Å². The monoisotopic (exact) mass is 412 g/mol. The highest BCUT2D eigenvalue weighted by molar-refractivity contribution is 7.89. The smallest absolute Gasteiger partial charge is 0.248 e. The molecule has 0 bridgehead atoms. The molecule has 3 aliphatic rings.